The van der Waals surface area contributed by atoms with E-state index in [1.54, 1.807) is 28.0 Å². The van der Waals surface area contributed by atoms with Crippen LogP contribution in [0, 0.1) is 0 Å². The van der Waals surface area contributed by atoms with Crippen LogP contribution in [0.5, 0.6) is 0 Å². The van der Waals surface area contributed by atoms with E-state index in [2.05, 4.69) is 6.92 Å². The summed E-state index contributed by atoms with van der Waals surface area (Å²) < 4.78 is 5.24. The van der Waals surface area contributed by atoms with E-state index < -0.39 is 6.04 Å². The molecule has 6 heteroatoms. The van der Waals surface area contributed by atoms with Gasteiger partial charge >= 0.3 is 5.97 Å². The van der Waals surface area contributed by atoms with Crippen LogP contribution in [0.1, 0.15) is 24.6 Å². The molecule has 1 fully saturated rings. The van der Waals surface area contributed by atoms with E-state index in [4.69, 9.17) is 4.74 Å². The zero-order chi connectivity index (χ0) is 14.4. The predicted octanol–water partition coefficient (Wildman–Crippen LogP) is 2.54. The van der Waals surface area contributed by atoms with E-state index in [0.29, 0.717) is 24.7 Å². The Balaban J connectivity index is 1.89. The van der Waals surface area contributed by atoms with Crippen molar-refractivity contribution in [2.24, 2.45) is 0 Å². The lowest BCUT2D eigenvalue weighted by molar-refractivity contribution is -0.152. The first-order valence-corrected chi connectivity index (χ1v) is 8.82. The van der Waals surface area contributed by atoms with Gasteiger partial charge in [-0.3, -0.25) is 4.79 Å². The molecule has 0 N–H and O–H groups in total. The Hall–Kier alpha value is -1.01. The van der Waals surface area contributed by atoms with E-state index in [9.17, 15) is 9.59 Å². The number of carbonyl (C=O) groups is 2. The highest BCUT2D eigenvalue weighted by atomic mass is 32.2. The van der Waals surface area contributed by atoms with Crippen molar-refractivity contribution in [1.82, 2.24) is 4.90 Å². The van der Waals surface area contributed by atoms with Crippen molar-refractivity contribution in [3.05, 3.63) is 22.4 Å². The van der Waals surface area contributed by atoms with Crippen molar-refractivity contribution in [2.45, 2.75) is 32.2 Å². The van der Waals surface area contributed by atoms with Gasteiger partial charge in [0.05, 0.1) is 18.9 Å². The third-order valence-electron chi connectivity index (χ3n) is 3.12. The molecule has 1 atom stereocenters. The van der Waals surface area contributed by atoms with Crippen LogP contribution in [0.2, 0.25) is 0 Å². The zero-order valence-electron chi connectivity index (χ0n) is 11.5. The number of thioether (sulfide) groups is 1. The Kier molecular flexibility index (Phi) is 5.91. The number of nitrogens with zero attached hydrogens (tertiary/aromatic N) is 1. The molecule has 1 aliphatic rings. The molecule has 0 radical (unpaired) electrons. The summed E-state index contributed by atoms with van der Waals surface area (Å²) in [6.07, 6.45) is 2.24. The molecule has 0 aromatic carbocycles. The van der Waals surface area contributed by atoms with Gasteiger partial charge in [0, 0.05) is 10.6 Å². The van der Waals surface area contributed by atoms with E-state index in [0.717, 1.165) is 17.7 Å². The average molecular weight is 313 g/mol. The van der Waals surface area contributed by atoms with Crippen LogP contribution in [0.15, 0.2) is 17.5 Å². The van der Waals surface area contributed by atoms with Crippen LogP contribution in [0.4, 0.5) is 0 Å². The summed E-state index contributed by atoms with van der Waals surface area (Å²) >= 11 is 3.17. The summed E-state index contributed by atoms with van der Waals surface area (Å²) in [6, 6.07) is 3.47. The second kappa shape index (κ2) is 7.69. The SMILES string of the molecule is CCCCOC(=O)C1CSCN1C(=O)Cc1cccs1. The summed E-state index contributed by atoms with van der Waals surface area (Å²) in [5.74, 6) is 0.969. The normalized spacial score (nSPS) is 18.2. The Morgan fingerprint density at radius 2 is 2.35 bits per heavy atom. The molecule has 1 saturated heterocycles. The molecule has 0 bridgehead atoms. The van der Waals surface area contributed by atoms with Gasteiger partial charge in [-0.2, -0.15) is 0 Å². The van der Waals surface area contributed by atoms with Gasteiger partial charge in [0.2, 0.25) is 5.91 Å². The van der Waals surface area contributed by atoms with Crippen LogP contribution >= 0.6 is 23.1 Å². The van der Waals surface area contributed by atoms with Crippen molar-refractivity contribution < 1.29 is 14.3 Å². The Labute approximate surface area is 127 Å². The first kappa shape index (κ1) is 15.4. The molecule has 0 aliphatic carbocycles. The van der Waals surface area contributed by atoms with Crippen molar-refractivity contribution in [1.29, 1.82) is 0 Å². The minimum atomic E-state index is -0.413. The molecular weight excluding hydrogens is 294 g/mol. The monoisotopic (exact) mass is 313 g/mol. The summed E-state index contributed by atoms with van der Waals surface area (Å²) in [5, 5.41) is 1.96. The van der Waals surface area contributed by atoms with E-state index >= 15 is 0 Å². The third-order valence-corrected chi connectivity index (χ3v) is 5.01. The number of esters is 1. The van der Waals surface area contributed by atoms with Gasteiger partial charge in [-0.05, 0) is 17.9 Å². The highest BCUT2D eigenvalue weighted by Crippen LogP contribution is 2.23. The largest absolute Gasteiger partial charge is 0.464 e. The van der Waals surface area contributed by atoms with Crippen LogP contribution < -0.4 is 0 Å². The number of hydrogen-bond acceptors (Lipinski definition) is 5. The molecule has 20 heavy (non-hydrogen) atoms. The fourth-order valence-electron chi connectivity index (χ4n) is 1.96. The fraction of sp³-hybridized carbons (Fsp3) is 0.571. The number of hydrogen-bond donors (Lipinski definition) is 0. The molecule has 110 valence electrons. The summed E-state index contributed by atoms with van der Waals surface area (Å²) in [4.78, 5) is 27.0. The third kappa shape index (κ3) is 3.99. The number of thiophene rings is 1. The van der Waals surface area contributed by atoms with Crippen molar-refractivity contribution >= 4 is 35.0 Å². The molecule has 4 nitrogen and oxygen atoms in total. The van der Waals surface area contributed by atoms with Gasteiger partial charge in [0.15, 0.2) is 0 Å². The van der Waals surface area contributed by atoms with E-state index in [1.165, 1.54) is 0 Å². The second-order valence-corrected chi connectivity index (χ2v) is 6.69. The number of ether oxygens (including phenoxy) is 1. The maximum atomic E-state index is 12.3. The lowest BCUT2D eigenvalue weighted by Gasteiger charge is -2.22. The fourth-order valence-corrected chi connectivity index (χ4v) is 3.82. The van der Waals surface area contributed by atoms with Gasteiger partial charge in [0.1, 0.15) is 6.04 Å². The molecule has 1 aromatic rings. The lowest BCUT2D eigenvalue weighted by atomic mass is 10.2. The predicted molar refractivity (Wildman–Crippen MR) is 81.8 cm³/mol. The highest BCUT2D eigenvalue weighted by molar-refractivity contribution is 7.99. The van der Waals surface area contributed by atoms with Gasteiger partial charge in [-0.25, -0.2) is 4.79 Å². The molecule has 1 aromatic heterocycles. The molecule has 1 aliphatic heterocycles. The second-order valence-electron chi connectivity index (χ2n) is 4.66. The van der Waals surface area contributed by atoms with E-state index in [-0.39, 0.29) is 11.9 Å². The van der Waals surface area contributed by atoms with Crippen molar-refractivity contribution in [3.8, 4) is 0 Å². The van der Waals surface area contributed by atoms with Gasteiger partial charge in [-0.15, -0.1) is 23.1 Å². The Morgan fingerprint density at radius 3 is 3.05 bits per heavy atom. The maximum absolute atomic E-state index is 12.3. The van der Waals surface area contributed by atoms with Crippen LogP contribution in [-0.2, 0) is 20.7 Å². The van der Waals surface area contributed by atoms with Gasteiger partial charge in [-0.1, -0.05) is 19.4 Å². The van der Waals surface area contributed by atoms with Crippen LogP contribution in [0.3, 0.4) is 0 Å². The van der Waals surface area contributed by atoms with Crippen molar-refractivity contribution in [3.63, 3.8) is 0 Å². The minimum absolute atomic E-state index is 0.00916. The minimum Gasteiger partial charge on any atom is -0.464 e. The molecule has 0 saturated carbocycles. The average Bonchev–Trinajstić information content (AvgIpc) is 3.09. The molecule has 2 heterocycles. The molecule has 1 unspecified atom stereocenters. The van der Waals surface area contributed by atoms with Crippen molar-refractivity contribution in [2.75, 3.05) is 18.2 Å². The Bertz CT molecular complexity index is 447. The number of amides is 1. The zero-order valence-corrected chi connectivity index (χ0v) is 13.2. The summed E-state index contributed by atoms with van der Waals surface area (Å²) in [6.45, 7) is 2.50. The topological polar surface area (TPSA) is 46.6 Å². The maximum Gasteiger partial charge on any atom is 0.329 e. The van der Waals surface area contributed by atoms with Gasteiger partial charge in [0.25, 0.3) is 0 Å². The van der Waals surface area contributed by atoms with E-state index in [1.807, 2.05) is 17.5 Å². The van der Waals surface area contributed by atoms with Crippen LogP contribution in [0.25, 0.3) is 0 Å². The van der Waals surface area contributed by atoms with Gasteiger partial charge < -0.3 is 9.64 Å². The standard InChI is InChI=1S/C14H19NO3S2/c1-2-3-6-18-14(17)12-9-19-10-15(12)13(16)8-11-5-4-7-20-11/h4-5,7,12H,2-3,6,8-10H2,1H3. The first-order valence-electron chi connectivity index (χ1n) is 6.78. The highest BCUT2D eigenvalue weighted by Gasteiger charge is 2.35. The molecule has 0 spiro atoms. The quantitative estimate of drug-likeness (QED) is 0.598. The number of carbonyl (C=O) groups excluding carboxylic acids is 2. The molecule has 2 rings (SSSR count). The first-order chi connectivity index (χ1) is 9.72. The lowest BCUT2D eigenvalue weighted by Crippen LogP contribution is -2.43. The van der Waals surface area contributed by atoms with Crippen LogP contribution in [-0.4, -0.2) is 41.1 Å². The molecular formula is C14H19NO3S2. The smallest absolute Gasteiger partial charge is 0.329 e. The number of rotatable bonds is 6. The summed E-state index contributed by atoms with van der Waals surface area (Å²) in [5.41, 5.74) is 0. The Morgan fingerprint density at radius 1 is 1.50 bits per heavy atom. The molecule has 1 amide bonds. The summed E-state index contributed by atoms with van der Waals surface area (Å²) in [7, 11) is 0. The number of unbranched alkanes of at least 4 members (excludes halogenated alkanes) is 1.